The summed E-state index contributed by atoms with van der Waals surface area (Å²) < 4.78 is 10.8. The molecule has 5 nitrogen and oxygen atoms in total. The van der Waals surface area contributed by atoms with Crippen molar-refractivity contribution in [2.24, 2.45) is 0 Å². The van der Waals surface area contributed by atoms with Gasteiger partial charge in [0.15, 0.2) is 11.5 Å². The first-order valence-electron chi connectivity index (χ1n) is 8.31. The minimum Gasteiger partial charge on any atom is -0.454 e. The van der Waals surface area contributed by atoms with E-state index < -0.39 is 6.04 Å². The number of carbonyl (C=O) groups excluding carboxylic acids is 1. The van der Waals surface area contributed by atoms with E-state index in [1.54, 1.807) is 0 Å². The van der Waals surface area contributed by atoms with E-state index in [0.29, 0.717) is 5.75 Å². The molecule has 1 unspecified atom stereocenters. The second-order valence-electron chi connectivity index (χ2n) is 6.09. The van der Waals surface area contributed by atoms with E-state index in [-0.39, 0.29) is 12.7 Å². The number of hydrogen-bond acceptors (Lipinski definition) is 4. The van der Waals surface area contributed by atoms with Crippen LogP contribution in [0.3, 0.4) is 0 Å². The van der Waals surface area contributed by atoms with E-state index >= 15 is 0 Å². The molecular weight excluding hydrogens is 304 g/mol. The van der Waals surface area contributed by atoms with Gasteiger partial charge in [-0.2, -0.15) is 0 Å². The minimum absolute atomic E-state index is 0.122. The summed E-state index contributed by atoms with van der Waals surface area (Å²) in [5.41, 5.74) is 1.81. The van der Waals surface area contributed by atoms with Crippen LogP contribution in [0, 0.1) is 0 Å². The van der Waals surface area contributed by atoms with Crippen molar-refractivity contribution in [2.45, 2.75) is 18.9 Å². The molecule has 4 rings (SSSR count). The van der Waals surface area contributed by atoms with Crippen molar-refractivity contribution in [3.05, 3.63) is 54.1 Å². The molecule has 2 aliphatic heterocycles. The molecule has 24 heavy (non-hydrogen) atoms. The van der Waals surface area contributed by atoms with Gasteiger partial charge in [0.1, 0.15) is 6.04 Å². The quantitative estimate of drug-likeness (QED) is 0.938. The Bertz CT molecular complexity index is 727. The standard InChI is InChI=1S/C19H20N2O3/c22-19(21-10-4-5-11-21)18(14-6-2-1-3-7-14)20-15-8-9-16-17(12-15)24-13-23-16/h1-3,6-9,12,18,20H,4-5,10-11,13H2. The highest BCUT2D eigenvalue weighted by Gasteiger charge is 2.28. The molecule has 0 radical (unpaired) electrons. The van der Waals surface area contributed by atoms with Crippen molar-refractivity contribution in [1.29, 1.82) is 0 Å². The van der Waals surface area contributed by atoms with Gasteiger partial charge in [0, 0.05) is 24.8 Å². The monoisotopic (exact) mass is 324 g/mol. The van der Waals surface area contributed by atoms with Crippen LogP contribution in [0.4, 0.5) is 5.69 Å². The van der Waals surface area contributed by atoms with E-state index in [4.69, 9.17) is 9.47 Å². The molecular formula is C19H20N2O3. The normalized spacial score (nSPS) is 16.9. The molecule has 5 heteroatoms. The van der Waals surface area contributed by atoms with Gasteiger partial charge in [-0.25, -0.2) is 0 Å². The maximum absolute atomic E-state index is 13.0. The molecule has 2 heterocycles. The van der Waals surface area contributed by atoms with Gasteiger partial charge in [-0.1, -0.05) is 30.3 Å². The summed E-state index contributed by atoms with van der Waals surface area (Å²) in [7, 11) is 0. The molecule has 2 aromatic rings. The van der Waals surface area contributed by atoms with Crippen LogP contribution in [0.1, 0.15) is 24.4 Å². The molecule has 1 saturated heterocycles. The summed E-state index contributed by atoms with van der Waals surface area (Å²) >= 11 is 0. The number of ether oxygens (including phenoxy) is 2. The predicted octanol–water partition coefficient (Wildman–Crippen LogP) is 3.19. The molecule has 1 N–H and O–H groups in total. The number of benzene rings is 2. The van der Waals surface area contributed by atoms with Gasteiger partial charge in [-0.3, -0.25) is 4.79 Å². The Morgan fingerprint density at radius 3 is 2.54 bits per heavy atom. The lowest BCUT2D eigenvalue weighted by Gasteiger charge is -2.25. The Balaban J connectivity index is 1.61. The van der Waals surface area contributed by atoms with Gasteiger partial charge in [-0.15, -0.1) is 0 Å². The molecule has 0 bridgehead atoms. The summed E-state index contributed by atoms with van der Waals surface area (Å²) in [5, 5.41) is 3.37. The van der Waals surface area contributed by atoms with Gasteiger partial charge in [0.25, 0.3) is 0 Å². The first-order chi connectivity index (χ1) is 11.8. The fourth-order valence-electron chi connectivity index (χ4n) is 3.21. The van der Waals surface area contributed by atoms with Crippen LogP contribution >= 0.6 is 0 Å². The maximum Gasteiger partial charge on any atom is 0.249 e. The van der Waals surface area contributed by atoms with E-state index in [2.05, 4.69) is 5.32 Å². The number of anilines is 1. The Labute approximate surface area is 141 Å². The van der Waals surface area contributed by atoms with Crippen LogP contribution in [-0.4, -0.2) is 30.7 Å². The Kier molecular flexibility index (Phi) is 3.99. The molecule has 1 amide bonds. The van der Waals surface area contributed by atoms with Crippen LogP contribution in [-0.2, 0) is 4.79 Å². The summed E-state index contributed by atoms with van der Waals surface area (Å²) in [5.74, 6) is 1.57. The summed E-state index contributed by atoms with van der Waals surface area (Å²) in [6.07, 6.45) is 2.16. The number of likely N-dealkylation sites (tertiary alicyclic amines) is 1. The van der Waals surface area contributed by atoms with Crippen molar-refractivity contribution in [2.75, 3.05) is 25.2 Å². The zero-order valence-corrected chi connectivity index (χ0v) is 13.4. The predicted molar refractivity (Wildman–Crippen MR) is 91.2 cm³/mol. The maximum atomic E-state index is 13.0. The molecule has 0 aliphatic carbocycles. The lowest BCUT2D eigenvalue weighted by molar-refractivity contribution is -0.131. The van der Waals surface area contributed by atoms with Crippen molar-refractivity contribution >= 4 is 11.6 Å². The van der Waals surface area contributed by atoms with E-state index in [1.807, 2.05) is 53.4 Å². The third-order valence-electron chi connectivity index (χ3n) is 4.48. The smallest absolute Gasteiger partial charge is 0.249 e. The Hall–Kier alpha value is -2.69. The van der Waals surface area contributed by atoms with Crippen LogP contribution in [0.5, 0.6) is 11.5 Å². The van der Waals surface area contributed by atoms with Gasteiger partial charge >= 0.3 is 0 Å². The number of nitrogens with zero attached hydrogens (tertiary/aromatic N) is 1. The van der Waals surface area contributed by atoms with Gasteiger partial charge in [0.2, 0.25) is 12.7 Å². The second kappa shape index (κ2) is 6.43. The Morgan fingerprint density at radius 2 is 1.75 bits per heavy atom. The van der Waals surface area contributed by atoms with Crippen molar-refractivity contribution in [3.8, 4) is 11.5 Å². The van der Waals surface area contributed by atoms with Crippen molar-refractivity contribution in [1.82, 2.24) is 4.90 Å². The van der Waals surface area contributed by atoms with E-state index in [0.717, 1.165) is 42.9 Å². The second-order valence-corrected chi connectivity index (χ2v) is 6.09. The SMILES string of the molecule is O=C(C(Nc1ccc2c(c1)OCO2)c1ccccc1)N1CCCC1. The molecule has 0 saturated carbocycles. The lowest BCUT2D eigenvalue weighted by Crippen LogP contribution is -2.36. The largest absolute Gasteiger partial charge is 0.454 e. The lowest BCUT2D eigenvalue weighted by atomic mass is 10.0. The van der Waals surface area contributed by atoms with Gasteiger partial charge < -0.3 is 19.7 Å². The third-order valence-corrected chi connectivity index (χ3v) is 4.48. The highest BCUT2D eigenvalue weighted by Crippen LogP contribution is 2.35. The Morgan fingerprint density at radius 1 is 1.00 bits per heavy atom. The van der Waals surface area contributed by atoms with Gasteiger partial charge in [-0.05, 0) is 30.5 Å². The third kappa shape index (κ3) is 2.89. The molecule has 2 aliphatic rings. The van der Waals surface area contributed by atoms with Gasteiger partial charge in [0.05, 0.1) is 0 Å². The average molecular weight is 324 g/mol. The molecule has 2 aromatic carbocycles. The van der Waals surface area contributed by atoms with Crippen LogP contribution in [0.25, 0.3) is 0 Å². The molecule has 124 valence electrons. The highest BCUT2D eigenvalue weighted by atomic mass is 16.7. The molecule has 0 aromatic heterocycles. The summed E-state index contributed by atoms with van der Waals surface area (Å²) in [6, 6.07) is 15.1. The summed E-state index contributed by atoms with van der Waals surface area (Å²) in [4.78, 5) is 14.9. The number of fused-ring (bicyclic) bond motifs is 1. The first-order valence-corrected chi connectivity index (χ1v) is 8.31. The van der Waals surface area contributed by atoms with Crippen LogP contribution < -0.4 is 14.8 Å². The van der Waals surface area contributed by atoms with Crippen LogP contribution in [0.15, 0.2) is 48.5 Å². The average Bonchev–Trinajstić information content (AvgIpc) is 3.31. The van der Waals surface area contributed by atoms with E-state index in [1.165, 1.54) is 0 Å². The highest BCUT2D eigenvalue weighted by molar-refractivity contribution is 5.86. The number of amides is 1. The van der Waals surface area contributed by atoms with E-state index in [9.17, 15) is 4.79 Å². The number of hydrogen-bond donors (Lipinski definition) is 1. The molecule has 1 atom stereocenters. The number of nitrogens with one attached hydrogen (secondary N) is 1. The minimum atomic E-state index is -0.398. The zero-order valence-electron chi connectivity index (χ0n) is 13.4. The fraction of sp³-hybridized carbons (Fsp3) is 0.316. The number of rotatable bonds is 4. The first kappa shape index (κ1) is 14.9. The number of carbonyl (C=O) groups is 1. The van der Waals surface area contributed by atoms with Crippen molar-refractivity contribution < 1.29 is 14.3 Å². The van der Waals surface area contributed by atoms with Crippen LogP contribution in [0.2, 0.25) is 0 Å². The summed E-state index contributed by atoms with van der Waals surface area (Å²) in [6.45, 7) is 1.92. The molecule has 1 fully saturated rings. The zero-order chi connectivity index (χ0) is 16.4. The van der Waals surface area contributed by atoms with Crippen molar-refractivity contribution in [3.63, 3.8) is 0 Å². The fourth-order valence-corrected chi connectivity index (χ4v) is 3.21. The topological polar surface area (TPSA) is 50.8 Å². The molecule has 0 spiro atoms.